The van der Waals surface area contributed by atoms with Crippen LogP contribution in [0, 0.1) is 11.2 Å². The molecule has 2 aromatic rings. The lowest BCUT2D eigenvalue weighted by atomic mass is 9.67. The van der Waals surface area contributed by atoms with Crippen molar-refractivity contribution < 1.29 is 4.39 Å². The van der Waals surface area contributed by atoms with Gasteiger partial charge in [0.25, 0.3) is 0 Å². The topological polar surface area (TPSA) is 17.8 Å². The lowest BCUT2D eigenvalue weighted by Gasteiger charge is -2.42. The molecule has 0 unspecified atom stereocenters. The molecule has 1 aliphatic carbocycles. The van der Waals surface area contributed by atoms with Crippen molar-refractivity contribution >= 4 is 38.6 Å². The van der Waals surface area contributed by atoms with Gasteiger partial charge in [-0.2, -0.15) is 0 Å². The summed E-state index contributed by atoms with van der Waals surface area (Å²) >= 11 is 9.29. The minimum absolute atomic E-state index is 0.280. The Morgan fingerprint density at radius 1 is 1.45 bits per heavy atom. The zero-order valence-corrected chi connectivity index (χ0v) is 13.8. The molecule has 1 aliphatic rings. The second kappa shape index (κ2) is 5.30. The first-order chi connectivity index (χ1) is 9.58. The Labute approximate surface area is 131 Å². The maximum absolute atomic E-state index is 13.6. The molecule has 1 saturated carbocycles. The van der Waals surface area contributed by atoms with Crippen LogP contribution < -0.4 is 0 Å². The van der Waals surface area contributed by atoms with E-state index < -0.39 is 0 Å². The highest BCUT2D eigenvalue weighted by atomic mass is 79.9. The van der Waals surface area contributed by atoms with Gasteiger partial charge in [0.05, 0.1) is 21.4 Å². The van der Waals surface area contributed by atoms with Crippen LogP contribution in [0.2, 0.25) is 0 Å². The number of benzene rings is 1. The largest absolute Gasteiger partial charge is 0.326 e. The summed E-state index contributed by atoms with van der Waals surface area (Å²) in [5.74, 6) is 0.907. The molecule has 0 bridgehead atoms. The molecule has 5 heteroatoms. The summed E-state index contributed by atoms with van der Waals surface area (Å²) in [5, 5.41) is 0. The van der Waals surface area contributed by atoms with Crippen LogP contribution in [0.1, 0.15) is 38.4 Å². The number of aromatic nitrogens is 2. The lowest BCUT2D eigenvalue weighted by Crippen LogP contribution is -2.33. The van der Waals surface area contributed by atoms with Gasteiger partial charge in [-0.1, -0.05) is 13.3 Å². The molecule has 0 spiro atoms. The Hall–Kier alpha value is -0.610. The van der Waals surface area contributed by atoms with E-state index in [9.17, 15) is 4.39 Å². The van der Waals surface area contributed by atoms with Crippen LogP contribution >= 0.6 is 27.5 Å². The molecular weight excluding hydrogens is 343 g/mol. The van der Waals surface area contributed by atoms with Crippen molar-refractivity contribution in [2.45, 2.75) is 45.0 Å². The number of halogens is 3. The van der Waals surface area contributed by atoms with E-state index in [0.717, 1.165) is 24.3 Å². The summed E-state index contributed by atoms with van der Waals surface area (Å²) in [6.45, 7) is 3.17. The zero-order chi connectivity index (χ0) is 14.3. The van der Waals surface area contributed by atoms with Gasteiger partial charge in [0.2, 0.25) is 0 Å². The number of rotatable bonds is 4. The highest BCUT2D eigenvalue weighted by Gasteiger charge is 2.36. The van der Waals surface area contributed by atoms with Crippen LogP contribution in [-0.2, 0) is 12.4 Å². The average molecular weight is 360 g/mol. The Morgan fingerprint density at radius 3 is 2.75 bits per heavy atom. The van der Waals surface area contributed by atoms with Gasteiger partial charge >= 0.3 is 0 Å². The summed E-state index contributed by atoms with van der Waals surface area (Å²) in [6.07, 6.45) is 4.98. The van der Waals surface area contributed by atoms with Crippen LogP contribution in [0.4, 0.5) is 4.39 Å². The SMILES string of the molecule is CCC1(Cn2c(CCl)nc3cc(F)c(Br)cc32)CCC1. The van der Waals surface area contributed by atoms with Gasteiger partial charge in [-0.3, -0.25) is 0 Å². The maximum atomic E-state index is 13.6. The molecule has 2 nitrogen and oxygen atoms in total. The number of hydrogen-bond acceptors (Lipinski definition) is 1. The van der Waals surface area contributed by atoms with Crippen LogP contribution in [0.25, 0.3) is 11.0 Å². The Morgan fingerprint density at radius 2 is 2.20 bits per heavy atom. The summed E-state index contributed by atoms with van der Waals surface area (Å²) in [7, 11) is 0. The second-order valence-corrected chi connectivity index (χ2v) is 6.83. The Balaban J connectivity index is 2.10. The highest BCUT2D eigenvalue weighted by molar-refractivity contribution is 9.10. The van der Waals surface area contributed by atoms with E-state index in [2.05, 4.69) is 32.4 Å². The molecule has 20 heavy (non-hydrogen) atoms. The number of nitrogens with zero attached hydrogens (tertiary/aromatic N) is 2. The van der Waals surface area contributed by atoms with Crippen LogP contribution in [0.15, 0.2) is 16.6 Å². The average Bonchev–Trinajstić information content (AvgIpc) is 2.72. The molecule has 1 aromatic carbocycles. The summed E-state index contributed by atoms with van der Waals surface area (Å²) in [4.78, 5) is 4.48. The highest BCUT2D eigenvalue weighted by Crippen LogP contribution is 2.46. The first-order valence-corrected chi connectivity index (χ1v) is 8.31. The summed E-state index contributed by atoms with van der Waals surface area (Å²) in [5.41, 5.74) is 2.02. The van der Waals surface area contributed by atoms with Gasteiger partial charge in [0.1, 0.15) is 11.6 Å². The molecule has 0 aliphatic heterocycles. The monoisotopic (exact) mass is 358 g/mol. The summed E-state index contributed by atoms with van der Waals surface area (Å²) in [6, 6.07) is 3.29. The molecule has 1 fully saturated rings. The first kappa shape index (κ1) is 14.3. The number of imidazole rings is 1. The maximum Gasteiger partial charge on any atom is 0.139 e. The molecule has 0 N–H and O–H groups in total. The standard InChI is InChI=1S/C15H17BrClFN2/c1-2-15(4-3-5-15)9-20-13-6-10(16)11(18)7-12(13)19-14(20)8-17/h6-7H,2-5,8-9H2,1H3. The van der Waals surface area contributed by atoms with Crippen molar-refractivity contribution in [3.8, 4) is 0 Å². The normalized spacial score (nSPS) is 17.4. The minimum atomic E-state index is -0.280. The third kappa shape index (κ3) is 2.27. The molecule has 1 aromatic heterocycles. The van der Waals surface area contributed by atoms with Gasteiger partial charge in [-0.25, -0.2) is 9.37 Å². The minimum Gasteiger partial charge on any atom is -0.326 e. The molecule has 0 radical (unpaired) electrons. The number of hydrogen-bond donors (Lipinski definition) is 0. The predicted molar refractivity (Wildman–Crippen MR) is 83.5 cm³/mol. The smallest absolute Gasteiger partial charge is 0.139 e. The van der Waals surface area contributed by atoms with E-state index in [4.69, 9.17) is 11.6 Å². The number of alkyl halides is 1. The summed E-state index contributed by atoms with van der Waals surface area (Å²) < 4.78 is 16.3. The van der Waals surface area contributed by atoms with E-state index in [1.54, 1.807) is 0 Å². The molecule has 0 atom stereocenters. The Kier molecular flexibility index (Phi) is 3.80. The zero-order valence-electron chi connectivity index (χ0n) is 11.4. The van der Waals surface area contributed by atoms with E-state index in [0.29, 0.717) is 21.3 Å². The van der Waals surface area contributed by atoms with Crippen molar-refractivity contribution in [2.75, 3.05) is 0 Å². The van der Waals surface area contributed by atoms with E-state index in [1.807, 2.05) is 6.07 Å². The molecule has 0 amide bonds. The van der Waals surface area contributed by atoms with Gasteiger partial charge < -0.3 is 4.57 Å². The third-order valence-electron chi connectivity index (χ3n) is 4.65. The molecule has 3 rings (SSSR count). The molecule has 108 valence electrons. The fourth-order valence-electron chi connectivity index (χ4n) is 3.08. The quantitative estimate of drug-likeness (QED) is 0.681. The molecule has 1 heterocycles. The van der Waals surface area contributed by atoms with Crippen LogP contribution in [0.3, 0.4) is 0 Å². The number of fused-ring (bicyclic) bond motifs is 1. The third-order valence-corrected chi connectivity index (χ3v) is 5.49. The van der Waals surface area contributed by atoms with Gasteiger partial charge in [0, 0.05) is 12.6 Å². The van der Waals surface area contributed by atoms with Crippen molar-refractivity contribution in [2.24, 2.45) is 5.41 Å². The first-order valence-electron chi connectivity index (χ1n) is 6.99. The van der Waals surface area contributed by atoms with E-state index in [-0.39, 0.29) is 5.82 Å². The fraction of sp³-hybridized carbons (Fsp3) is 0.533. The van der Waals surface area contributed by atoms with Gasteiger partial charge in [-0.05, 0) is 46.7 Å². The second-order valence-electron chi connectivity index (χ2n) is 5.71. The van der Waals surface area contributed by atoms with Crippen molar-refractivity contribution in [1.29, 1.82) is 0 Å². The van der Waals surface area contributed by atoms with Crippen molar-refractivity contribution in [1.82, 2.24) is 9.55 Å². The lowest BCUT2D eigenvalue weighted by molar-refractivity contribution is 0.101. The fourth-order valence-corrected chi connectivity index (χ4v) is 3.62. The van der Waals surface area contributed by atoms with Crippen molar-refractivity contribution in [3.05, 3.63) is 28.2 Å². The predicted octanol–water partition coefficient (Wildman–Crippen LogP) is 5.26. The molecular formula is C15H17BrClFN2. The van der Waals surface area contributed by atoms with Gasteiger partial charge in [0.15, 0.2) is 0 Å². The van der Waals surface area contributed by atoms with E-state index >= 15 is 0 Å². The molecule has 0 saturated heterocycles. The van der Waals surface area contributed by atoms with Crippen molar-refractivity contribution in [3.63, 3.8) is 0 Å². The Bertz CT molecular complexity index is 643. The van der Waals surface area contributed by atoms with Crippen LogP contribution in [0.5, 0.6) is 0 Å². The van der Waals surface area contributed by atoms with Gasteiger partial charge in [-0.15, -0.1) is 11.6 Å². The van der Waals surface area contributed by atoms with Crippen LogP contribution in [-0.4, -0.2) is 9.55 Å². The van der Waals surface area contributed by atoms with E-state index in [1.165, 1.54) is 25.3 Å².